The monoisotopic (exact) mass is 1110 g/mol. The predicted molar refractivity (Wildman–Crippen MR) is 325 cm³/mol. The summed E-state index contributed by atoms with van der Waals surface area (Å²) in [5, 5.41) is 9.84. The summed E-state index contributed by atoms with van der Waals surface area (Å²) < 4.78 is 39.6. The number of rotatable bonds is 57. The van der Waals surface area contributed by atoms with Gasteiger partial charge < -0.3 is 24.2 Å². The van der Waals surface area contributed by atoms with Crippen molar-refractivity contribution in [3.05, 3.63) is 97.2 Å². The van der Waals surface area contributed by atoms with Crippen LogP contribution in [0.4, 0.5) is 0 Å². The number of aliphatic hydroxyl groups excluding tert-OH is 1. The summed E-state index contributed by atoms with van der Waals surface area (Å²) in [6.45, 7) is 4.45. The first-order valence-corrected chi connectivity index (χ1v) is 32.6. The van der Waals surface area contributed by atoms with Gasteiger partial charge in [0.05, 0.1) is 19.8 Å². The summed E-state index contributed by atoms with van der Waals surface area (Å²) in [6, 6.07) is 0. The van der Waals surface area contributed by atoms with Crippen LogP contribution in [0, 0.1) is 0 Å². The molecule has 0 aromatic heterocycles. The molecule has 3 atom stereocenters. The molecule has 2 N–H and O–H groups in total. The van der Waals surface area contributed by atoms with Gasteiger partial charge in [0.1, 0.15) is 12.7 Å². The van der Waals surface area contributed by atoms with E-state index in [1.54, 1.807) is 0 Å². The molecule has 12 heteroatoms. The molecule has 0 bridgehead atoms. The Labute approximate surface area is 476 Å². The van der Waals surface area contributed by atoms with Crippen LogP contribution in [0.3, 0.4) is 0 Å². The summed E-state index contributed by atoms with van der Waals surface area (Å²) in [5.41, 5.74) is 0. The van der Waals surface area contributed by atoms with Crippen molar-refractivity contribution in [3.8, 4) is 0 Å². The SMILES string of the molecule is CC/C=C\C/C=C\C/C=C\C/C=C\CCCCCCC(=O)OCC(COP(=O)(O)OCC(CO)OC(=O)CCCCCCC/C=C\C/C=C\CCCCC)OC(=O)CCCCCCCCCCC/C=C\C/C=C\CCCCC. The van der Waals surface area contributed by atoms with Crippen LogP contribution in [0.2, 0.25) is 0 Å². The Morgan fingerprint density at radius 3 is 1.03 bits per heavy atom. The fraction of sp³-hybridized carbons (Fsp3) is 0.712. The van der Waals surface area contributed by atoms with E-state index < -0.39 is 57.8 Å². The molecule has 0 radical (unpaired) electrons. The van der Waals surface area contributed by atoms with E-state index in [4.69, 9.17) is 23.3 Å². The maximum atomic E-state index is 12.9. The molecular formula is C66H113O11P. The average Bonchev–Trinajstić information content (AvgIpc) is 3.43. The number of carbonyl (C=O) groups is 3. The van der Waals surface area contributed by atoms with E-state index in [9.17, 15) is 28.9 Å². The molecule has 0 heterocycles. The molecule has 0 aromatic rings. The maximum Gasteiger partial charge on any atom is 0.472 e. The molecule has 3 unspecified atom stereocenters. The smallest absolute Gasteiger partial charge is 0.462 e. The zero-order chi connectivity index (χ0) is 56.9. The molecule has 0 fully saturated rings. The van der Waals surface area contributed by atoms with E-state index in [1.165, 1.54) is 77.0 Å². The molecule has 0 amide bonds. The second-order valence-corrected chi connectivity index (χ2v) is 21.9. The van der Waals surface area contributed by atoms with E-state index in [2.05, 4.69) is 118 Å². The van der Waals surface area contributed by atoms with Gasteiger partial charge >= 0.3 is 25.7 Å². The first-order valence-electron chi connectivity index (χ1n) is 31.1. The van der Waals surface area contributed by atoms with Gasteiger partial charge in [-0.1, -0.05) is 221 Å². The van der Waals surface area contributed by atoms with Crippen molar-refractivity contribution in [2.24, 2.45) is 0 Å². The van der Waals surface area contributed by atoms with Gasteiger partial charge in [0.2, 0.25) is 0 Å². The van der Waals surface area contributed by atoms with Crippen molar-refractivity contribution in [2.45, 2.75) is 277 Å². The highest BCUT2D eigenvalue weighted by molar-refractivity contribution is 7.47. The predicted octanol–water partition coefficient (Wildman–Crippen LogP) is 18.8. The number of phosphoric acid groups is 1. The molecule has 0 aliphatic heterocycles. The van der Waals surface area contributed by atoms with E-state index in [0.717, 1.165) is 128 Å². The van der Waals surface area contributed by atoms with Gasteiger partial charge in [-0.3, -0.25) is 23.4 Å². The number of esters is 3. The molecule has 0 saturated heterocycles. The van der Waals surface area contributed by atoms with Gasteiger partial charge in [0.25, 0.3) is 0 Å². The number of hydrogen-bond acceptors (Lipinski definition) is 10. The topological polar surface area (TPSA) is 155 Å². The summed E-state index contributed by atoms with van der Waals surface area (Å²) in [7, 11) is -4.77. The van der Waals surface area contributed by atoms with Crippen LogP contribution in [-0.4, -0.2) is 66.5 Å². The average molecular weight is 1110 g/mol. The number of hydrogen-bond donors (Lipinski definition) is 2. The first-order chi connectivity index (χ1) is 38.2. The van der Waals surface area contributed by atoms with Crippen LogP contribution in [-0.2, 0) is 42.2 Å². The molecule has 11 nitrogen and oxygen atoms in total. The van der Waals surface area contributed by atoms with Crippen molar-refractivity contribution in [1.29, 1.82) is 0 Å². The third-order valence-electron chi connectivity index (χ3n) is 13.0. The molecule has 0 rings (SSSR count). The van der Waals surface area contributed by atoms with Crippen molar-refractivity contribution in [2.75, 3.05) is 26.4 Å². The van der Waals surface area contributed by atoms with E-state index in [1.807, 2.05) is 0 Å². The number of phosphoric ester groups is 1. The summed E-state index contributed by atoms with van der Waals surface area (Å²) >= 11 is 0. The minimum Gasteiger partial charge on any atom is -0.462 e. The van der Waals surface area contributed by atoms with Crippen molar-refractivity contribution >= 4 is 25.7 Å². The molecule has 0 aromatic carbocycles. The fourth-order valence-corrected chi connectivity index (χ4v) is 9.01. The van der Waals surface area contributed by atoms with Crippen LogP contribution >= 0.6 is 7.82 Å². The largest absolute Gasteiger partial charge is 0.472 e. The molecule has 448 valence electrons. The van der Waals surface area contributed by atoms with Gasteiger partial charge in [-0.2, -0.15) is 0 Å². The van der Waals surface area contributed by atoms with Crippen molar-refractivity contribution in [3.63, 3.8) is 0 Å². The number of carbonyl (C=O) groups excluding carboxylic acids is 3. The Morgan fingerprint density at radius 2 is 0.667 bits per heavy atom. The zero-order valence-corrected chi connectivity index (χ0v) is 50.5. The Bertz CT molecular complexity index is 1680. The Hall–Kier alpha value is -3.60. The molecular weight excluding hydrogens is 1000 g/mol. The minimum absolute atomic E-state index is 0.152. The Kier molecular flexibility index (Phi) is 56.8. The molecule has 78 heavy (non-hydrogen) atoms. The van der Waals surface area contributed by atoms with E-state index >= 15 is 0 Å². The van der Waals surface area contributed by atoms with E-state index in [-0.39, 0.29) is 25.9 Å². The van der Waals surface area contributed by atoms with Crippen molar-refractivity contribution in [1.82, 2.24) is 0 Å². The van der Waals surface area contributed by atoms with Crippen LogP contribution in [0.1, 0.15) is 265 Å². The highest BCUT2D eigenvalue weighted by Crippen LogP contribution is 2.43. The van der Waals surface area contributed by atoms with Gasteiger partial charge in [-0.15, -0.1) is 0 Å². The summed E-state index contributed by atoms with van der Waals surface area (Å²) in [6.07, 6.45) is 70.7. The van der Waals surface area contributed by atoms with E-state index in [0.29, 0.717) is 19.3 Å². The summed E-state index contributed by atoms with van der Waals surface area (Å²) in [4.78, 5) is 48.7. The lowest BCUT2D eigenvalue weighted by molar-refractivity contribution is -0.161. The fourth-order valence-electron chi connectivity index (χ4n) is 8.23. The minimum atomic E-state index is -4.77. The molecule has 0 saturated carbocycles. The molecule has 0 spiro atoms. The number of unbranched alkanes of at least 4 members (excludes halogenated alkanes) is 24. The quantitative estimate of drug-likeness (QED) is 0.0197. The summed E-state index contributed by atoms with van der Waals surface area (Å²) in [5.74, 6) is -1.51. The highest BCUT2D eigenvalue weighted by Gasteiger charge is 2.28. The number of aliphatic hydroxyl groups is 1. The standard InChI is InChI=1S/C66H113O11P/c1-4-7-10-13-16-19-22-25-28-30-31-33-36-39-42-45-48-51-54-57-66(70)77-63(59-73-64(68)55-52-49-46-43-40-37-35-32-29-26-23-20-17-14-11-8-5-2)61-75-78(71,72)74-60-62(58-67)76-65(69)56-53-50-47-44-41-38-34-27-24-21-18-15-12-9-6-3/h8,11,16-21,25-29,34-35,37,62-63,67H,4-7,9-10,12-15,22-24,30-33,36,38-61H2,1-3H3,(H,71,72)/b11-8-,19-16-,20-17-,21-18-,28-25-,29-26-,34-27-,37-35-. The first kappa shape index (κ1) is 74.4. The second-order valence-electron chi connectivity index (χ2n) is 20.5. The molecule has 0 aliphatic rings. The van der Waals surface area contributed by atoms with Crippen molar-refractivity contribution < 1.29 is 52.2 Å². The van der Waals surface area contributed by atoms with Gasteiger partial charge in [0.15, 0.2) is 6.10 Å². The third-order valence-corrected chi connectivity index (χ3v) is 13.9. The van der Waals surface area contributed by atoms with Crippen LogP contribution < -0.4 is 0 Å². The maximum absolute atomic E-state index is 12.9. The lowest BCUT2D eigenvalue weighted by Gasteiger charge is -2.21. The van der Waals surface area contributed by atoms with Gasteiger partial charge in [-0.25, -0.2) is 4.57 Å². The second kappa shape index (κ2) is 59.5. The lowest BCUT2D eigenvalue weighted by atomic mass is 10.1. The number of allylic oxidation sites excluding steroid dienone is 16. The number of ether oxygens (including phenoxy) is 3. The third kappa shape index (κ3) is 57.1. The molecule has 0 aliphatic carbocycles. The van der Waals surface area contributed by atoms with Crippen LogP contribution in [0.5, 0.6) is 0 Å². The Morgan fingerprint density at radius 1 is 0.372 bits per heavy atom. The van der Waals surface area contributed by atoms with Crippen LogP contribution in [0.15, 0.2) is 97.2 Å². The Balaban J connectivity index is 4.77. The highest BCUT2D eigenvalue weighted by atomic mass is 31.2. The van der Waals surface area contributed by atoms with Crippen LogP contribution in [0.25, 0.3) is 0 Å². The lowest BCUT2D eigenvalue weighted by Crippen LogP contribution is -2.30. The van der Waals surface area contributed by atoms with Gasteiger partial charge in [0, 0.05) is 19.3 Å². The van der Waals surface area contributed by atoms with Gasteiger partial charge in [-0.05, 0) is 122 Å². The normalized spacial score (nSPS) is 14.0. The zero-order valence-electron chi connectivity index (χ0n) is 49.6.